The summed E-state index contributed by atoms with van der Waals surface area (Å²) in [5.74, 6) is 3.16. The second-order valence-corrected chi connectivity index (χ2v) is 8.47. The number of hydrogen-bond acceptors (Lipinski definition) is 5. The lowest BCUT2D eigenvalue weighted by Gasteiger charge is -2.27. The van der Waals surface area contributed by atoms with Crippen LogP contribution in [0.5, 0.6) is 23.0 Å². The Labute approximate surface area is 199 Å². The second kappa shape index (κ2) is 10.5. The summed E-state index contributed by atoms with van der Waals surface area (Å²) in [6.45, 7) is 2.75. The number of hydrogen-bond donors (Lipinski definition) is 2. The maximum atomic E-state index is 6.07. The first kappa shape index (κ1) is 22.2. The molecule has 1 atom stereocenters. The number of ether oxygens (including phenoxy) is 4. The quantitative estimate of drug-likeness (QED) is 0.323. The minimum Gasteiger partial charge on any atom is -0.497 e. The van der Waals surface area contributed by atoms with Crippen molar-refractivity contribution in [2.45, 2.75) is 25.6 Å². The molecule has 2 N–H and O–H groups in total. The number of H-pyrrole nitrogens is 1. The summed E-state index contributed by atoms with van der Waals surface area (Å²) in [5, 5.41) is 4.73. The molecule has 0 saturated carbocycles. The van der Waals surface area contributed by atoms with Crippen molar-refractivity contribution in [1.82, 2.24) is 10.3 Å². The number of rotatable bonds is 10. The molecule has 0 amide bonds. The topological polar surface area (TPSA) is 64.7 Å². The van der Waals surface area contributed by atoms with Crippen LogP contribution in [0.2, 0.25) is 0 Å². The average molecular weight is 459 g/mol. The molecule has 5 rings (SSSR count). The predicted molar refractivity (Wildman–Crippen MR) is 133 cm³/mol. The maximum absolute atomic E-state index is 6.07. The van der Waals surface area contributed by atoms with Gasteiger partial charge in [-0.1, -0.05) is 30.3 Å². The summed E-state index contributed by atoms with van der Waals surface area (Å²) < 4.78 is 23.2. The van der Waals surface area contributed by atoms with Crippen molar-refractivity contribution in [2.75, 3.05) is 26.8 Å². The molecule has 176 valence electrons. The summed E-state index contributed by atoms with van der Waals surface area (Å²) in [7, 11) is 1.65. The molecular formula is C28H30N2O4. The maximum Gasteiger partial charge on any atom is 0.165 e. The molecule has 6 nitrogen and oxygen atoms in total. The Kier molecular flexibility index (Phi) is 6.86. The van der Waals surface area contributed by atoms with E-state index in [1.54, 1.807) is 7.11 Å². The van der Waals surface area contributed by atoms with Crippen molar-refractivity contribution >= 4 is 10.9 Å². The highest BCUT2D eigenvalue weighted by atomic mass is 16.6. The Hall–Kier alpha value is -3.64. The normalized spacial score (nSPS) is 14.8. The third kappa shape index (κ3) is 5.29. The van der Waals surface area contributed by atoms with Crippen molar-refractivity contribution < 1.29 is 18.9 Å². The average Bonchev–Trinajstić information content (AvgIpc) is 3.29. The predicted octanol–water partition coefficient (Wildman–Crippen LogP) is 5.12. The molecule has 1 aliphatic heterocycles. The molecule has 1 unspecified atom stereocenters. The minimum atomic E-state index is -0.0167. The lowest BCUT2D eigenvalue weighted by atomic mass is 10.1. The van der Waals surface area contributed by atoms with E-state index in [4.69, 9.17) is 18.9 Å². The Bertz CT molecular complexity index is 1220. The van der Waals surface area contributed by atoms with E-state index in [1.165, 1.54) is 10.9 Å². The first-order valence-electron chi connectivity index (χ1n) is 11.7. The van der Waals surface area contributed by atoms with Gasteiger partial charge in [-0.25, -0.2) is 0 Å². The van der Waals surface area contributed by atoms with Gasteiger partial charge in [-0.15, -0.1) is 0 Å². The van der Waals surface area contributed by atoms with Gasteiger partial charge in [-0.2, -0.15) is 0 Å². The number of benzene rings is 3. The molecule has 1 aromatic heterocycles. The zero-order chi connectivity index (χ0) is 23.2. The molecule has 6 heteroatoms. The fourth-order valence-electron chi connectivity index (χ4n) is 4.19. The van der Waals surface area contributed by atoms with E-state index >= 15 is 0 Å². The highest BCUT2D eigenvalue weighted by molar-refractivity contribution is 5.84. The molecule has 0 spiro atoms. The van der Waals surface area contributed by atoms with E-state index < -0.39 is 0 Å². The highest BCUT2D eigenvalue weighted by Crippen LogP contribution is 2.34. The number of aryl methyl sites for hydroxylation is 1. The molecule has 0 saturated heterocycles. The summed E-state index contributed by atoms with van der Waals surface area (Å²) in [5.41, 5.74) is 3.61. The fourth-order valence-corrected chi connectivity index (χ4v) is 4.19. The Morgan fingerprint density at radius 3 is 2.76 bits per heavy atom. The summed E-state index contributed by atoms with van der Waals surface area (Å²) in [6, 6.07) is 22.1. The highest BCUT2D eigenvalue weighted by Gasteiger charge is 2.21. The van der Waals surface area contributed by atoms with Crippen LogP contribution in [-0.4, -0.2) is 37.9 Å². The summed E-state index contributed by atoms with van der Waals surface area (Å²) in [6.07, 6.45) is 4.10. The molecule has 34 heavy (non-hydrogen) atoms. The van der Waals surface area contributed by atoms with Crippen molar-refractivity contribution in [2.24, 2.45) is 0 Å². The van der Waals surface area contributed by atoms with Crippen LogP contribution in [0.3, 0.4) is 0 Å². The van der Waals surface area contributed by atoms with Gasteiger partial charge < -0.3 is 29.2 Å². The van der Waals surface area contributed by atoms with E-state index in [1.807, 2.05) is 42.5 Å². The van der Waals surface area contributed by atoms with Crippen LogP contribution < -0.4 is 24.3 Å². The van der Waals surface area contributed by atoms with Gasteiger partial charge in [-0.3, -0.25) is 0 Å². The number of aromatic amines is 1. The van der Waals surface area contributed by atoms with Crippen LogP contribution in [0.15, 0.2) is 72.9 Å². The molecule has 0 bridgehead atoms. The molecular weight excluding hydrogens is 428 g/mol. The Balaban J connectivity index is 1.09. The third-order valence-electron chi connectivity index (χ3n) is 6.03. The lowest BCUT2D eigenvalue weighted by molar-refractivity contribution is 0.0901. The van der Waals surface area contributed by atoms with E-state index in [9.17, 15) is 0 Å². The molecule has 4 aromatic rings. The fraction of sp³-hybridized carbons (Fsp3) is 0.286. The van der Waals surface area contributed by atoms with Crippen LogP contribution in [0.1, 0.15) is 17.5 Å². The number of methoxy groups -OCH3 is 1. The summed E-state index contributed by atoms with van der Waals surface area (Å²) >= 11 is 0. The van der Waals surface area contributed by atoms with Gasteiger partial charge in [0.15, 0.2) is 11.5 Å². The zero-order valence-electron chi connectivity index (χ0n) is 19.4. The van der Waals surface area contributed by atoms with Crippen molar-refractivity contribution in [3.05, 3.63) is 84.1 Å². The molecule has 3 aromatic carbocycles. The molecule has 2 heterocycles. The summed E-state index contributed by atoms with van der Waals surface area (Å²) in [4.78, 5) is 3.38. The van der Waals surface area contributed by atoms with Gasteiger partial charge in [0, 0.05) is 29.7 Å². The SMILES string of the molecule is COc1ccc2c(c1)OC(CNCCCc1c[nH]c3ccc(OCc4ccccc4)cc13)CO2. The molecule has 1 aliphatic rings. The van der Waals surface area contributed by atoms with Crippen LogP contribution in [0.4, 0.5) is 0 Å². The molecule has 0 fully saturated rings. The lowest BCUT2D eigenvalue weighted by Crippen LogP contribution is -2.38. The Morgan fingerprint density at radius 1 is 1.00 bits per heavy atom. The van der Waals surface area contributed by atoms with E-state index in [0.29, 0.717) is 13.2 Å². The largest absolute Gasteiger partial charge is 0.497 e. The van der Waals surface area contributed by atoms with Crippen LogP contribution >= 0.6 is 0 Å². The van der Waals surface area contributed by atoms with Crippen molar-refractivity contribution in [3.8, 4) is 23.0 Å². The van der Waals surface area contributed by atoms with E-state index in [-0.39, 0.29) is 6.10 Å². The smallest absolute Gasteiger partial charge is 0.165 e. The number of fused-ring (bicyclic) bond motifs is 2. The molecule has 0 radical (unpaired) electrons. The monoisotopic (exact) mass is 458 g/mol. The second-order valence-electron chi connectivity index (χ2n) is 8.47. The van der Waals surface area contributed by atoms with Gasteiger partial charge >= 0.3 is 0 Å². The van der Waals surface area contributed by atoms with Crippen LogP contribution in [0, 0.1) is 0 Å². The van der Waals surface area contributed by atoms with Gasteiger partial charge in [0.2, 0.25) is 0 Å². The minimum absolute atomic E-state index is 0.0167. The van der Waals surface area contributed by atoms with Gasteiger partial charge in [0.05, 0.1) is 7.11 Å². The molecule has 0 aliphatic carbocycles. The number of nitrogens with one attached hydrogen (secondary N) is 2. The number of aromatic nitrogens is 1. The van der Waals surface area contributed by atoms with E-state index in [0.717, 1.165) is 60.0 Å². The van der Waals surface area contributed by atoms with Crippen molar-refractivity contribution in [1.29, 1.82) is 0 Å². The van der Waals surface area contributed by atoms with Crippen molar-refractivity contribution in [3.63, 3.8) is 0 Å². The third-order valence-corrected chi connectivity index (χ3v) is 6.03. The Morgan fingerprint density at radius 2 is 1.88 bits per heavy atom. The van der Waals surface area contributed by atoms with Crippen LogP contribution in [-0.2, 0) is 13.0 Å². The first-order valence-corrected chi connectivity index (χ1v) is 11.7. The zero-order valence-corrected chi connectivity index (χ0v) is 19.4. The van der Waals surface area contributed by atoms with Gasteiger partial charge in [-0.05, 0) is 60.8 Å². The van der Waals surface area contributed by atoms with Crippen LogP contribution in [0.25, 0.3) is 10.9 Å². The van der Waals surface area contributed by atoms with E-state index in [2.05, 4.69) is 40.8 Å². The first-order chi connectivity index (χ1) is 16.8. The van der Waals surface area contributed by atoms with Gasteiger partial charge in [0.25, 0.3) is 0 Å². The standard InChI is InChI=1S/C28H30N2O4/c1-31-22-10-12-27-28(15-22)34-24(19-33-27)17-29-13-5-8-21-16-30-26-11-9-23(14-25(21)26)32-18-20-6-3-2-4-7-20/h2-4,6-7,9-12,14-16,24,29-30H,5,8,13,17-19H2,1H3. The van der Waals surface area contributed by atoms with Gasteiger partial charge in [0.1, 0.15) is 30.8 Å².